The van der Waals surface area contributed by atoms with Crippen LogP contribution in [0.2, 0.25) is 0 Å². The summed E-state index contributed by atoms with van der Waals surface area (Å²) in [4.78, 5) is 23.5. The van der Waals surface area contributed by atoms with E-state index in [-0.39, 0.29) is 24.1 Å². The number of carbonyl (C=O) groups is 2. The molecule has 0 saturated carbocycles. The molecule has 4 heteroatoms. The minimum absolute atomic E-state index is 0.245. The van der Waals surface area contributed by atoms with Crippen LogP contribution >= 0.6 is 0 Å². The molecule has 19 heavy (non-hydrogen) atoms. The van der Waals surface area contributed by atoms with Gasteiger partial charge in [0.05, 0.1) is 10.8 Å². The van der Waals surface area contributed by atoms with Crippen molar-refractivity contribution >= 4 is 11.9 Å². The summed E-state index contributed by atoms with van der Waals surface area (Å²) in [5.41, 5.74) is -1.04. The van der Waals surface area contributed by atoms with Crippen molar-refractivity contribution in [2.45, 2.75) is 60.2 Å². The van der Waals surface area contributed by atoms with Crippen LogP contribution in [0, 0.1) is 10.8 Å². The molecule has 2 atom stereocenters. The fourth-order valence-electron chi connectivity index (χ4n) is 1.44. The lowest BCUT2D eigenvalue weighted by atomic mass is 9.97. The van der Waals surface area contributed by atoms with Crippen molar-refractivity contribution in [3.8, 4) is 0 Å². The summed E-state index contributed by atoms with van der Waals surface area (Å²) in [5, 5.41) is 0. The van der Waals surface area contributed by atoms with Crippen molar-refractivity contribution in [2.24, 2.45) is 10.8 Å². The highest BCUT2D eigenvalue weighted by molar-refractivity contribution is 5.76. The van der Waals surface area contributed by atoms with Gasteiger partial charge in [0.2, 0.25) is 0 Å². The molecule has 0 aromatic carbocycles. The van der Waals surface area contributed by atoms with Crippen molar-refractivity contribution in [1.29, 1.82) is 0 Å². The van der Waals surface area contributed by atoms with Crippen LogP contribution in [0.5, 0.6) is 0 Å². The van der Waals surface area contributed by atoms with Crippen molar-refractivity contribution in [2.75, 3.05) is 0 Å². The average molecular weight is 268 g/mol. The van der Waals surface area contributed by atoms with Crippen molar-refractivity contribution in [3.05, 3.63) is 12.2 Å². The zero-order valence-electron chi connectivity index (χ0n) is 12.6. The molecule has 0 unspecified atom stereocenters. The summed E-state index contributed by atoms with van der Waals surface area (Å²) in [7, 11) is 0. The molecule has 0 heterocycles. The first-order valence-electron chi connectivity index (χ1n) is 6.60. The summed E-state index contributed by atoms with van der Waals surface area (Å²) < 4.78 is 10.7. The van der Waals surface area contributed by atoms with Gasteiger partial charge in [0.25, 0.3) is 0 Å². The molecule has 0 fully saturated rings. The fourth-order valence-corrected chi connectivity index (χ4v) is 1.44. The Morgan fingerprint density at radius 3 is 1.42 bits per heavy atom. The molecule has 0 spiro atoms. The van der Waals surface area contributed by atoms with Crippen molar-refractivity contribution < 1.29 is 19.1 Å². The first kappa shape index (κ1) is 15.7. The number of ether oxygens (including phenoxy) is 2. The van der Waals surface area contributed by atoms with Crippen LogP contribution in [0.25, 0.3) is 0 Å². The second-order valence-electron chi connectivity index (χ2n) is 7.01. The standard InChI is InChI=1S/C15H24O4/c1-14(2,3)12(16)18-10-7-8-11(9-10)19-13(17)15(4,5)6/h7-8,10-11H,9H2,1-6H3/t10-,11+. The Morgan fingerprint density at radius 1 is 0.842 bits per heavy atom. The van der Waals surface area contributed by atoms with Crippen LogP contribution in [0.1, 0.15) is 48.0 Å². The quantitative estimate of drug-likeness (QED) is 0.571. The summed E-state index contributed by atoms with van der Waals surface area (Å²) in [6.45, 7) is 10.9. The van der Waals surface area contributed by atoms with E-state index in [1.54, 1.807) is 12.2 Å². The van der Waals surface area contributed by atoms with E-state index < -0.39 is 10.8 Å². The monoisotopic (exact) mass is 268 g/mol. The van der Waals surface area contributed by atoms with Gasteiger partial charge in [0.15, 0.2) is 0 Å². The largest absolute Gasteiger partial charge is 0.458 e. The zero-order valence-corrected chi connectivity index (χ0v) is 12.6. The Bertz CT molecular complexity index is 346. The van der Waals surface area contributed by atoms with Crippen LogP contribution in [-0.4, -0.2) is 24.1 Å². The molecular formula is C15H24O4. The molecule has 0 aromatic heterocycles. The minimum atomic E-state index is -0.520. The number of hydrogen-bond acceptors (Lipinski definition) is 4. The number of carbonyl (C=O) groups excluding carboxylic acids is 2. The fraction of sp³-hybridized carbons (Fsp3) is 0.733. The highest BCUT2D eigenvalue weighted by atomic mass is 16.6. The highest BCUT2D eigenvalue weighted by Crippen LogP contribution is 2.24. The second kappa shape index (κ2) is 5.35. The Kier molecular flexibility index (Phi) is 4.43. The summed E-state index contributed by atoms with van der Waals surface area (Å²) in [5.74, 6) is -0.491. The molecule has 1 aliphatic rings. The molecular weight excluding hydrogens is 244 g/mol. The van der Waals surface area contributed by atoms with Gasteiger partial charge >= 0.3 is 11.9 Å². The first-order valence-corrected chi connectivity index (χ1v) is 6.60. The average Bonchev–Trinajstić information content (AvgIpc) is 2.62. The third-order valence-electron chi connectivity index (χ3n) is 2.75. The van der Waals surface area contributed by atoms with E-state index in [0.717, 1.165) is 0 Å². The van der Waals surface area contributed by atoms with E-state index >= 15 is 0 Å². The van der Waals surface area contributed by atoms with Gasteiger partial charge < -0.3 is 9.47 Å². The maximum atomic E-state index is 11.7. The normalized spacial score (nSPS) is 23.3. The summed E-state index contributed by atoms with van der Waals surface area (Å²) >= 11 is 0. The maximum absolute atomic E-state index is 11.7. The molecule has 1 rings (SSSR count). The van der Waals surface area contributed by atoms with E-state index in [1.165, 1.54) is 0 Å². The van der Waals surface area contributed by atoms with Crippen LogP contribution in [0.15, 0.2) is 12.2 Å². The van der Waals surface area contributed by atoms with Gasteiger partial charge in [-0.25, -0.2) is 0 Å². The van der Waals surface area contributed by atoms with E-state index in [2.05, 4.69) is 0 Å². The van der Waals surface area contributed by atoms with E-state index in [9.17, 15) is 9.59 Å². The lowest BCUT2D eigenvalue weighted by Crippen LogP contribution is -2.29. The number of hydrogen-bond donors (Lipinski definition) is 0. The molecule has 0 aliphatic heterocycles. The number of rotatable bonds is 2. The van der Waals surface area contributed by atoms with Gasteiger partial charge in [-0.2, -0.15) is 0 Å². The van der Waals surface area contributed by atoms with Crippen LogP contribution in [0.3, 0.4) is 0 Å². The van der Waals surface area contributed by atoms with Crippen molar-refractivity contribution in [1.82, 2.24) is 0 Å². The lowest BCUT2D eigenvalue weighted by Gasteiger charge is -2.22. The second-order valence-corrected chi connectivity index (χ2v) is 7.01. The molecule has 0 bridgehead atoms. The molecule has 108 valence electrons. The Labute approximate surface area is 115 Å². The molecule has 0 N–H and O–H groups in total. The molecule has 1 aliphatic carbocycles. The van der Waals surface area contributed by atoms with Gasteiger partial charge in [-0.15, -0.1) is 0 Å². The SMILES string of the molecule is CC(C)(C)C(=O)O[C@@H]1C=C[C@H](OC(=O)C(C)(C)C)C1. The zero-order chi connectivity index (χ0) is 14.8. The molecule has 0 amide bonds. The molecule has 0 saturated heterocycles. The van der Waals surface area contributed by atoms with Crippen LogP contribution < -0.4 is 0 Å². The number of esters is 2. The Balaban J connectivity index is 2.46. The topological polar surface area (TPSA) is 52.6 Å². The van der Waals surface area contributed by atoms with E-state index in [1.807, 2.05) is 41.5 Å². The third kappa shape index (κ3) is 4.69. The smallest absolute Gasteiger partial charge is 0.311 e. The van der Waals surface area contributed by atoms with Gasteiger partial charge in [-0.05, 0) is 53.7 Å². The van der Waals surface area contributed by atoms with Gasteiger partial charge in [0, 0.05) is 6.42 Å². The molecule has 0 radical (unpaired) electrons. The van der Waals surface area contributed by atoms with Crippen molar-refractivity contribution in [3.63, 3.8) is 0 Å². The molecule has 0 aromatic rings. The van der Waals surface area contributed by atoms with Crippen LogP contribution in [-0.2, 0) is 19.1 Å². The van der Waals surface area contributed by atoms with E-state index in [0.29, 0.717) is 6.42 Å². The first-order chi connectivity index (χ1) is 8.50. The maximum Gasteiger partial charge on any atom is 0.311 e. The Hall–Kier alpha value is -1.32. The highest BCUT2D eigenvalue weighted by Gasteiger charge is 2.32. The predicted molar refractivity (Wildman–Crippen MR) is 72.4 cm³/mol. The van der Waals surface area contributed by atoms with Gasteiger partial charge in [0.1, 0.15) is 12.2 Å². The Morgan fingerprint density at radius 2 is 1.16 bits per heavy atom. The van der Waals surface area contributed by atoms with Gasteiger partial charge in [-0.1, -0.05) is 0 Å². The lowest BCUT2D eigenvalue weighted by molar-refractivity contribution is -0.160. The minimum Gasteiger partial charge on any atom is -0.458 e. The van der Waals surface area contributed by atoms with Gasteiger partial charge in [-0.3, -0.25) is 9.59 Å². The van der Waals surface area contributed by atoms with Crippen LogP contribution in [0.4, 0.5) is 0 Å². The van der Waals surface area contributed by atoms with E-state index in [4.69, 9.17) is 9.47 Å². The molecule has 4 nitrogen and oxygen atoms in total. The predicted octanol–water partition coefficient (Wildman–Crippen LogP) is 2.86. The summed E-state index contributed by atoms with van der Waals surface area (Å²) in [6.07, 6.45) is 3.46. The third-order valence-corrected chi connectivity index (χ3v) is 2.75. The summed E-state index contributed by atoms with van der Waals surface area (Å²) in [6, 6.07) is 0.